The molecule has 3 rings (SSSR count). The lowest BCUT2D eigenvalue weighted by atomic mass is 10.1. The minimum Gasteiger partial charge on any atom is -0.368 e. The van der Waals surface area contributed by atoms with Gasteiger partial charge in [0, 0.05) is 32.8 Å². The predicted molar refractivity (Wildman–Crippen MR) is 91.5 cm³/mol. The Kier molecular flexibility index (Phi) is 6.01. The number of halogens is 3. The maximum atomic E-state index is 13.7. The number of carbonyl (C=O) groups excluding carboxylic acids is 2. The van der Waals surface area contributed by atoms with E-state index in [0.29, 0.717) is 32.8 Å². The first-order chi connectivity index (χ1) is 12.9. The molecule has 2 unspecified atom stereocenters. The summed E-state index contributed by atoms with van der Waals surface area (Å²) in [5.74, 6) is -4.92. The zero-order valence-corrected chi connectivity index (χ0v) is 15.0. The summed E-state index contributed by atoms with van der Waals surface area (Å²) in [7, 11) is 0. The number of amides is 2. The molecule has 2 aliphatic rings. The topological polar surface area (TPSA) is 61.9 Å². The van der Waals surface area contributed by atoms with E-state index in [1.807, 2.05) is 4.90 Å². The van der Waals surface area contributed by atoms with E-state index in [1.165, 1.54) is 0 Å². The first-order valence-corrected chi connectivity index (χ1v) is 8.97. The van der Waals surface area contributed by atoms with Crippen molar-refractivity contribution in [2.75, 3.05) is 38.1 Å². The summed E-state index contributed by atoms with van der Waals surface area (Å²) in [4.78, 5) is 28.3. The maximum Gasteiger partial charge on any atom is 0.251 e. The SMILES string of the molecule is CC(C(=O)Nc1ccc(F)c(F)c1F)N1CCN(C(=O)C2CCCO2)CC1. The molecule has 0 aliphatic carbocycles. The summed E-state index contributed by atoms with van der Waals surface area (Å²) >= 11 is 0. The van der Waals surface area contributed by atoms with Crippen LogP contribution in [0.3, 0.4) is 0 Å². The van der Waals surface area contributed by atoms with Gasteiger partial charge in [-0.2, -0.15) is 0 Å². The van der Waals surface area contributed by atoms with Gasteiger partial charge in [0.25, 0.3) is 5.91 Å². The molecule has 1 N–H and O–H groups in total. The van der Waals surface area contributed by atoms with E-state index in [0.717, 1.165) is 25.0 Å². The van der Waals surface area contributed by atoms with E-state index in [2.05, 4.69) is 5.32 Å². The number of hydrogen-bond acceptors (Lipinski definition) is 4. The summed E-state index contributed by atoms with van der Waals surface area (Å²) in [6.45, 7) is 4.14. The Morgan fingerprint density at radius 1 is 1.15 bits per heavy atom. The Morgan fingerprint density at radius 3 is 2.48 bits per heavy atom. The third-order valence-electron chi connectivity index (χ3n) is 5.05. The lowest BCUT2D eigenvalue weighted by molar-refractivity contribution is -0.143. The number of piperazine rings is 1. The van der Waals surface area contributed by atoms with E-state index < -0.39 is 35.1 Å². The van der Waals surface area contributed by atoms with Crippen molar-refractivity contribution in [3.63, 3.8) is 0 Å². The third-order valence-corrected chi connectivity index (χ3v) is 5.05. The Balaban J connectivity index is 1.54. The van der Waals surface area contributed by atoms with Crippen molar-refractivity contribution in [3.8, 4) is 0 Å². The van der Waals surface area contributed by atoms with E-state index in [9.17, 15) is 22.8 Å². The van der Waals surface area contributed by atoms with Crippen LogP contribution in [0.2, 0.25) is 0 Å². The highest BCUT2D eigenvalue weighted by Gasteiger charge is 2.32. The van der Waals surface area contributed by atoms with Crippen LogP contribution in [-0.4, -0.2) is 66.5 Å². The molecule has 1 aromatic rings. The zero-order valence-electron chi connectivity index (χ0n) is 15.0. The minimum atomic E-state index is -1.62. The van der Waals surface area contributed by atoms with Crippen LogP contribution in [0.4, 0.5) is 18.9 Å². The van der Waals surface area contributed by atoms with Crippen molar-refractivity contribution >= 4 is 17.5 Å². The van der Waals surface area contributed by atoms with Gasteiger partial charge >= 0.3 is 0 Å². The second-order valence-electron chi connectivity index (χ2n) is 6.75. The highest BCUT2D eigenvalue weighted by molar-refractivity contribution is 5.94. The van der Waals surface area contributed by atoms with Crippen LogP contribution in [0.25, 0.3) is 0 Å². The molecule has 0 radical (unpaired) electrons. The smallest absolute Gasteiger partial charge is 0.251 e. The van der Waals surface area contributed by atoms with Gasteiger partial charge in [-0.3, -0.25) is 14.5 Å². The molecule has 2 saturated heterocycles. The molecule has 2 aliphatic heterocycles. The van der Waals surface area contributed by atoms with Crippen molar-refractivity contribution in [1.29, 1.82) is 0 Å². The van der Waals surface area contributed by atoms with E-state index >= 15 is 0 Å². The standard InChI is InChI=1S/C18H22F3N3O3/c1-11(17(25)22-13-5-4-12(19)15(20)16(13)21)23-6-8-24(9-7-23)18(26)14-3-2-10-27-14/h4-5,11,14H,2-3,6-10H2,1H3,(H,22,25). The van der Waals surface area contributed by atoms with E-state index in [4.69, 9.17) is 4.74 Å². The van der Waals surface area contributed by atoms with Gasteiger partial charge in [0.05, 0.1) is 11.7 Å². The predicted octanol–water partition coefficient (Wildman–Crippen LogP) is 1.75. The van der Waals surface area contributed by atoms with Crippen LogP contribution in [-0.2, 0) is 14.3 Å². The Labute approximate surface area is 155 Å². The lowest BCUT2D eigenvalue weighted by Gasteiger charge is -2.38. The average molecular weight is 385 g/mol. The average Bonchev–Trinajstić information content (AvgIpc) is 3.22. The van der Waals surface area contributed by atoms with Crippen LogP contribution in [0.5, 0.6) is 0 Å². The highest BCUT2D eigenvalue weighted by Crippen LogP contribution is 2.21. The molecule has 27 heavy (non-hydrogen) atoms. The van der Waals surface area contributed by atoms with Gasteiger partial charge in [-0.25, -0.2) is 13.2 Å². The quantitative estimate of drug-likeness (QED) is 0.803. The largest absolute Gasteiger partial charge is 0.368 e. The number of nitrogens with zero attached hydrogens (tertiary/aromatic N) is 2. The third kappa shape index (κ3) is 4.24. The molecule has 9 heteroatoms. The van der Waals surface area contributed by atoms with Crippen molar-refractivity contribution in [2.45, 2.75) is 31.9 Å². The molecule has 1 aromatic carbocycles. The lowest BCUT2D eigenvalue weighted by Crippen LogP contribution is -2.55. The van der Waals surface area contributed by atoms with Gasteiger partial charge in [0.2, 0.25) is 5.91 Å². The molecule has 0 saturated carbocycles. The number of benzene rings is 1. The number of nitrogens with one attached hydrogen (secondary N) is 1. The Hall–Kier alpha value is -2.13. The second-order valence-corrected chi connectivity index (χ2v) is 6.75. The number of ether oxygens (including phenoxy) is 1. The fourth-order valence-electron chi connectivity index (χ4n) is 3.33. The van der Waals surface area contributed by atoms with Gasteiger partial charge in [-0.15, -0.1) is 0 Å². The van der Waals surface area contributed by atoms with Crippen molar-refractivity contribution in [2.24, 2.45) is 0 Å². The van der Waals surface area contributed by atoms with Crippen molar-refractivity contribution < 1.29 is 27.5 Å². The molecule has 148 valence electrons. The summed E-state index contributed by atoms with van der Waals surface area (Å²) in [5, 5.41) is 2.29. The normalized spacial score (nSPS) is 21.9. The molecule has 2 atom stereocenters. The summed E-state index contributed by atoms with van der Waals surface area (Å²) in [6, 6.07) is 1.13. The van der Waals surface area contributed by atoms with Gasteiger partial charge in [0.1, 0.15) is 6.10 Å². The van der Waals surface area contributed by atoms with E-state index in [1.54, 1.807) is 11.8 Å². The van der Waals surface area contributed by atoms with Crippen molar-refractivity contribution in [1.82, 2.24) is 9.80 Å². The molecule has 0 bridgehead atoms. The summed E-state index contributed by atoms with van der Waals surface area (Å²) < 4.78 is 45.4. The summed E-state index contributed by atoms with van der Waals surface area (Å²) in [6.07, 6.45) is 1.25. The highest BCUT2D eigenvalue weighted by atomic mass is 19.2. The first kappa shape index (κ1) is 19.6. The maximum absolute atomic E-state index is 13.7. The van der Waals surface area contributed by atoms with E-state index in [-0.39, 0.29) is 12.0 Å². The van der Waals surface area contributed by atoms with Crippen LogP contribution in [0.1, 0.15) is 19.8 Å². The second kappa shape index (κ2) is 8.26. The molecule has 0 aromatic heterocycles. The van der Waals surface area contributed by atoms with Crippen molar-refractivity contribution in [3.05, 3.63) is 29.6 Å². The Morgan fingerprint density at radius 2 is 1.85 bits per heavy atom. The molecule has 2 amide bonds. The van der Waals surface area contributed by atoms with Crippen LogP contribution >= 0.6 is 0 Å². The molecule has 2 heterocycles. The first-order valence-electron chi connectivity index (χ1n) is 8.97. The zero-order chi connectivity index (χ0) is 19.6. The van der Waals surface area contributed by atoms with Crippen LogP contribution in [0, 0.1) is 17.5 Å². The Bertz CT molecular complexity index is 717. The molecule has 6 nitrogen and oxygen atoms in total. The van der Waals surface area contributed by atoms with Crippen LogP contribution < -0.4 is 5.32 Å². The molecular weight excluding hydrogens is 363 g/mol. The minimum absolute atomic E-state index is 0.0203. The number of anilines is 1. The number of hydrogen-bond donors (Lipinski definition) is 1. The number of rotatable bonds is 4. The monoisotopic (exact) mass is 385 g/mol. The van der Waals surface area contributed by atoms with Crippen LogP contribution in [0.15, 0.2) is 12.1 Å². The molecule has 2 fully saturated rings. The van der Waals surface area contributed by atoms with Gasteiger partial charge in [-0.05, 0) is 31.9 Å². The fourth-order valence-corrected chi connectivity index (χ4v) is 3.33. The number of carbonyl (C=O) groups is 2. The van der Waals surface area contributed by atoms with Gasteiger partial charge in [0.15, 0.2) is 17.5 Å². The molecular formula is C18H22F3N3O3. The summed E-state index contributed by atoms with van der Waals surface area (Å²) in [5.41, 5.74) is -0.405. The van der Waals surface area contributed by atoms with Gasteiger partial charge < -0.3 is 15.0 Å². The fraction of sp³-hybridized carbons (Fsp3) is 0.556. The molecule has 0 spiro atoms. The van der Waals surface area contributed by atoms with Gasteiger partial charge in [-0.1, -0.05) is 0 Å².